The molecule has 22 heavy (non-hydrogen) atoms. The molecule has 1 saturated carbocycles. The first-order valence-corrected chi connectivity index (χ1v) is 8.76. The molecule has 1 saturated heterocycles. The van der Waals surface area contributed by atoms with E-state index in [1.807, 2.05) is 6.07 Å². The third-order valence-electron chi connectivity index (χ3n) is 4.73. The van der Waals surface area contributed by atoms with Crippen LogP contribution in [-0.4, -0.2) is 24.1 Å². The van der Waals surface area contributed by atoms with Crippen LogP contribution in [-0.2, 0) is 6.54 Å². The minimum absolute atomic E-state index is 0.660. The van der Waals surface area contributed by atoms with Crippen LogP contribution in [0.4, 0.5) is 5.69 Å². The van der Waals surface area contributed by atoms with Crippen molar-refractivity contribution in [2.24, 2.45) is 0 Å². The van der Waals surface area contributed by atoms with Crippen LogP contribution in [0.5, 0.6) is 0 Å². The molecule has 0 unspecified atom stereocenters. The number of para-hydroxylation sites is 1. The van der Waals surface area contributed by atoms with Crippen LogP contribution in [0.1, 0.15) is 37.7 Å². The zero-order valence-electron chi connectivity index (χ0n) is 12.8. The van der Waals surface area contributed by atoms with Gasteiger partial charge in [0.15, 0.2) is 0 Å². The largest absolute Gasteiger partial charge is 0.371 e. The predicted octanol–water partition coefficient (Wildman–Crippen LogP) is 4.13. The third-order valence-corrected chi connectivity index (χ3v) is 5.04. The van der Waals surface area contributed by atoms with Gasteiger partial charge in [0.05, 0.1) is 11.2 Å². The van der Waals surface area contributed by atoms with Gasteiger partial charge in [0, 0.05) is 36.6 Å². The van der Waals surface area contributed by atoms with Gasteiger partial charge in [-0.1, -0.05) is 29.8 Å². The van der Waals surface area contributed by atoms with Crippen molar-refractivity contribution in [3.05, 3.63) is 35.0 Å². The first kappa shape index (κ1) is 14.3. The number of rotatable bonds is 4. The number of nitrogens with one attached hydrogen (secondary N) is 1. The van der Waals surface area contributed by atoms with E-state index in [0.717, 1.165) is 25.2 Å². The molecule has 1 aliphatic carbocycles. The van der Waals surface area contributed by atoms with Gasteiger partial charge in [0.2, 0.25) is 0 Å². The molecule has 0 bridgehead atoms. The summed E-state index contributed by atoms with van der Waals surface area (Å²) in [4.78, 5) is 7.15. The number of halogens is 1. The monoisotopic (exact) mass is 315 g/mol. The van der Waals surface area contributed by atoms with E-state index in [-0.39, 0.29) is 0 Å². The predicted molar refractivity (Wildman–Crippen MR) is 92.7 cm³/mol. The lowest BCUT2D eigenvalue weighted by Gasteiger charge is -2.32. The number of hydrogen-bond acceptors (Lipinski definition) is 3. The fourth-order valence-corrected chi connectivity index (χ4v) is 3.62. The average molecular weight is 316 g/mol. The quantitative estimate of drug-likeness (QED) is 0.860. The summed E-state index contributed by atoms with van der Waals surface area (Å²) in [6.07, 6.45) is 6.45. The molecule has 4 heteroatoms. The molecule has 1 N–H and O–H groups in total. The van der Waals surface area contributed by atoms with E-state index >= 15 is 0 Å². The van der Waals surface area contributed by atoms with Crippen LogP contribution in [0.25, 0.3) is 10.9 Å². The maximum Gasteiger partial charge on any atom is 0.136 e. The maximum absolute atomic E-state index is 6.55. The minimum Gasteiger partial charge on any atom is -0.371 e. The fraction of sp³-hybridized carbons (Fsp3) is 0.500. The lowest BCUT2D eigenvalue weighted by atomic mass is 10.0. The molecule has 3 nitrogen and oxygen atoms in total. The van der Waals surface area contributed by atoms with Gasteiger partial charge in [-0.15, -0.1) is 0 Å². The third kappa shape index (κ3) is 2.80. The molecular weight excluding hydrogens is 294 g/mol. The number of pyridine rings is 1. The number of piperidine rings is 1. The van der Waals surface area contributed by atoms with E-state index < -0.39 is 0 Å². The van der Waals surface area contributed by atoms with Crippen LogP contribution in [0.3, 0.4) is 0 Å². The summed E-state index contributed by atoms with van der Waals surface area (Å²) in [5.41, 5.74) is 3.49. The Morgan fingerprint density at radius 1 is 1.14 bits per heavy atom. The highest BCUT2D eigenvalue weighted by Crippen LogP contribution is 2.36. The lowest BCUT2D eigenvalue weighted by molar-refractivity contribution is 0.575. The van der Waals surface area contributed by atoms with E-state index in [1.54, 1.807) is 0 Å². The smallest absolute Gasteiger partial charge is 0.136 e. The molecule has 1 aliphatic heterocycles. The highest BCUT2D eigenvalue weighted by atomic mass is 35.5. The van der Waals surface area contributed by atoms with Crippen molar-refractivity contribution in [1.29, 1.82) is 0 Å². The Balaban J connectivity index is 1.80. The summed E-state index contributed by atoms with van der Waals surface area (Å²) >= 11 is 6.55. The second-order valence-electron chi connectivity index (χ2n) is 6.45. The van der Waals surface area contributed by atoms with Gasteiger partial charge in [0.25, 0.3) is 0 Å². The highest BCUT2D eigenvalue weighted by molar-refractivity contribution is 6.31. The topological polar surface area (TPSA) is 28.2 Å². The highest BCUT2D eigenvalue weighted by Gasteiger charge is 2.24. The normalized spacial score (nSPS) is 18.9. The number of aromatic nitrogens is 1. The maximum atomic E-state index is 6.55. The molecule has 2 aromatic rings. The Hall–Kier alpha value is -1.32. The van der Waals surface area contributed by atoms with Crippen molar-refractivity contribution in [3.8, 4) is 0 Å². The minimum atomic E-state index is 0.660. The second-order valence-corrected chi connectivity index (χ2v) is 6.81. The van der Waals surface area contributed by atoms with Crippen molar-refractivity contribution in [3.63, 3.8) is 0 Å². The SMILES string of the molecule is Clc1nc2ccccc2c(N2CCCCC2)c1CNC1CC1. The summed E-state index contributed by atoms with van der Waals surface area (Å²) in [5.74, 6) is 0. The summed E-state index contributed by atoms with van der Waals surface area (Å²) in [7, 11) is 0. The Labute approximate surface area is 136 Å². The molecular formula is C18H22ClN3. The number of nitrogens with zero attached hydrogens (tertiary/aromatic N) is 2. The Bertz CT molecular complexity index is 675. The standard InChI is InChI=1S/C18H22ClN3/c19-18-15(12-20-13-8-9-13)17(22-10-4-1-5-11-22)14-6-2-3-7-16(14)21-18/h2-3,6-7,13,20H,1,4-5,8-12H2. The van der Waals surface area contributed by atoms with E-state index in [4.69, 9.17) is 11.6 Å². The Morgan fingerprint density at radius 2 is 1.91 bits per heavy atom. The van der Waals surface area contributed by atoms with Crippen molar-refractivity contribution in [2.45, 2.75) is 44.7 Å². The van der Waals surface area contributed by atoms with Crippen LogP contribution in [0.15, 0.2) is 24.3 Å². The molecule has 2 aliphatic rings. The summed E-state index contributed by atoms with van der Waals surface area (Å²) in [5, 5.41) is 5.50. The summed E-state index contributed by atoms with van der Waals surface area (Å²) in [6, 6.07) is 9.06. The first-order valence-electron chi connectivity index (χ1n) is 8.38. The van der Waals surface area contributed by atoms with Gasteiger partial charge in [-0.25, -0.2) is 4.98 Å². The molecule has 2 heterocycles. The van der Waals surface area contributed by atoms with Crippen LogP contribution in [0.2, 0.25) is 5.15 Å². The molecule has 0 radical (unpaired) electrons. The molecule has 0 spiro atoms. The van der Waals surface area contributed by atoms with Gasteiger partial charge in [-0.3, -0.25) is 0 Å². The van der Waals surface area contributed by atoms with Crippen LogP contribution < -0.4 is 10.2 Å². The van der Waals surface area contributed by atoms with Crippen molar-refractivity contribution in [2.75, 3.05) is 18.0 Å². The zero-order chi connectivity index (χ0) is 14.9. The van der Waals surface area contributed by atoms with Gasteiger partial charge >= 0.3 is 0 Å². The number of benzene rings is 1. The molecule has 4 rings (SSSR count). The van der Waals surface area contributed by atoms with Gasteiger partial charge < -0.3 is 10.2 Å². The number of hydrogen-bond donors (Lipinski definition) is 1. The summed E-state index contributed by atoms with van der Waals surface area (Å²) < 4.78 is 0. The first-order chi connectivity index (χ1) is 10.8. The number of anilines is 1. The molecule has 2 fully saturated rings. The Kier molecular flexibility index (Phi) is 3.93. The Morgan fingerprint density at radius 3 is 2.68 bits per heavy atom. The summed E-state index contributed by atoms with van der Waals surface area (Å²) in [6.45, 7) is 3.08. The van der Waals surface area contributed by atoms with Gasteiger partial charge in [-0.2, -0.15) is 0 Å². The molecule has 0 amide bonds. The van der Waals surface area contributed by atoms with Crippen molar-refractivity contribution in [1.82, 2.24) is 10.3 Å². The van der Waals surface area contributed by atoms with E-state index in [0.29, 0.717) is 11.2 Å². The molecule has 1 aromatic heterocycles. The fourth-order valence-electron chi connectivity index (χ4n) is 3.37. The van der Waals surface area contributed by atoms with Crippen molar-refractivity contribution < 1.29 is 0 Å². The second kappa shape index (κ2) is 6.05. The van der Waals surface area contributed by atoms with E-state index in [2.05, 4.69) is 33.4 Å². The van der Waals surface area contributed by atoms with Crippen LogP contribution in [0, 0.1) is 0 Å². The van der Waals surface area contributed by atoms with Gasteiger partial charge in [0.1, 0.15) is 5.15 Å². The average Bonchev–Trinajstić information content (AvgIpc) is 3.37. The molecule has 1 aromatic carbocycles. The molecule has 116 valence electrons. The van der Waals surface area contributed by atoms with Crippen molar-refractivity contribution >= 4 is 28.2 Å². The lowest BCUT2D eigenvalue weighted by Crippen LogP contribution is -2.31. The van der Waals surface area contributed by atoms with Crippen LogP contribution >= 0.6 is 11.6 Å². The zero-order valence-corrected chi connectivity index (χ0v) is 13.6. The molecule has 0 atom stereocenters. The van der Waals surface area contributed by atoms with E-state index in [1.165, 1.54) is 48.7 Å². The van der Waals surface area contributed by atoms with E-state index in [9.17, 15) is 0 Å². The van der Waals surface area contributed by atoms with Gasteiger partial charge in [-0.05, 0) is 38.2 Å². The number of fused-ring (bicyclic) bond motifs is 1.